The number of rotatable bonds is 12. The number of nitrogens with one attached hydrogen (secondary N) is 1. The number of nitrogens with zero attached hydrogens (tertiary/aromatic N) is 2. The third kappa shape index (κ3) is 6.00. The molecule has 3 aromatic rings. The molecule has 0 aliphatic carbocycles. The number of aromatic nitrogens is 2. The van der Waals surface area contributed by atoms with Gasteiger partial charge < -0.3 is 24.3 Å². The van der Waals surface area contributed by atoms with Crippen molar-refractivity contribution >= 4 is 34.3 Å². The number of hydrogen-bond acceptors (Lipinski definition) is 8. The molecular formula is C24H29N3O6S. The summed E-state index contributed by atoms with van der Waals surface area (Å²) in [5, 5.41) is 3.87. The van der Waals surface area contributed by atoms with Gasteiger partial charge in [-0.1, -0.05) is 23.9 Å². The second-order valence-corrected chi connectivity index (χ2v) is 8.11. The molecule has 1 heterocycles. The maximum absolute atomic E-state index is 13.1. The molecule has 9 nitrogen and oxygen atoms in total. The van der Waals surface area contributed by atoms with Crippen LogP contribution in [-0.2, 0) is 16.1 Å². The van der Waals surface area contributed by atoms with Gasteiger partial charge in [0, 0.05) is 37.6 Å². The van der Waals surface area contributed by atoms with Crippen LogP contribution < -0.4 is 25.1 Å². The van der Waals surface area contributed by atoms with Gasteiger partial charge in [-0.2, -0.15) is 0 Å². The topological polar surface area (TPSA) is 101 Å². The van der Waals surface area contributed by atoms with Crippen LogP contribution in [-0.4, -0.2) is 55.8 Å². The molecule has 0 atom stereocenters. The highest BCUT2D eigenvalue weighted by Crippen LogP contribution is 2.40. The molecule has 1 amide bonds. The molecule has 0 aliphatic heterocycles. The number of hydrogen-bond donors (Lipinski definition) is 1. The van der Waals surface area contributed by atoms with Crippen molar-refractivity contribution in [2.45, 2.75) is 25.0 Å². The van der Waals surface area contributed by atoms with Crippen LogP contribution in [0.15, 0.2) is 46.3 Å². The largest absolute Gasteiger partial charge is 0.493 e. The summed E-state index contributed by atoms with van der Waals surface area (Å²) in [6.07, 6.45) is 0.666. The number of carbonyl (C=O) groups is 1. The van der Waals surface area contributed by atoms with E-state index in [9.17, 15) is 9.59 Å². The van der Waals surface area contributed by atoms with Crippen molar-refractivity contribution < 1.29 is 23.7 Å². The van der Waals surface area contributed by atoms with Crippen LogP contribution in [0.3, 0.4) is 0 Å². The van der Waals surface area contributed by atoms with Gasteiger partial charge in [0.1, 0.15) is 0 Å². The third-order valence-corrected chi connectivity index (χ3v) is 5.96. The van der Waals surface area contributed by atoms with Crippen molar-refractivity contribution in [2.24, 2.45) is 0 Å². The van der Waals surface area contributed by atoms with Gasteiger partial charge in [-0.25, -0.2) is 4.98 Å². The van der Waals surface area contributed by atoms with Crippen molar-refractivity contribution in [3.8, 4) is 17.2 Å². The molecule has 3 rings (SSSR count). The number of anilines is 1. The maximum Gasteiger partial charge on any atom is 0.262 e. The lowest BCUT2D eigenvalue weighted by Gasteiger charge is -2.15. The van der Waals surface area contributed by atoms with E-state index >= 15 is 0 Å². The molecule has 10 heteroatoms. The first kappa shape index (κ1) is 25.4. The number of para-hydroxylation sites is 1. The number of ether oxygens (including phenoxy) is 4. The molecule has 0 bridgehead atoms. The first-order valence-corrected chi connectivity index (χ1v) is 11.8. The minimum atomic E-state index is -0.262. The Balaban J connectivity index is 1.79. The van der Waals surface area contributed by atoms with E-state index in [4.69, 9.17) is 18.9 Å². The first-order valence-electron chi connectivity index (χ1n) is 10.8. The van der Waals surface area contributed by atoms with Gasteiger partial charge in [0.2, 0.25) is 11.7 Å². The average Bonchev–Trinajstić information content (AvgIpc) is 2.85. The average molecular weight is 488 g/mol. The van der Waals surface area contributed by atoms with Crippen LogP contribution in [0.1, 0.15) is 13.3 Å². The summed E-state index contributed by atoms with van der Waals surface area (Å²) >= 11 is 1.21. The van der Waals surface area contributed by atoms with E-state index in [2.05, 4.69) is 10.3 Å². The minimum Gasteiger partial charge on any atom is -0.493 e. The predicted octanol–water partition coefficient (Wildman–Crippen LogP) is 3.58. The molecule has 0 saturated heterocycles. The lowest BCUT2D eigenvalue weighted by molar-refractivity contribution is -0.113. The quantitative estimate of drug-likeness (QED) is 0.235. The van der Waals surface area contributed by atoms with Crippen molar-refractivity contribution in [3.05, 3.63) is 46.8 Å². The normalized spacial score (nSPS) is 10.8. The van der Waals surface area contributed by atoms with Crippen molar-refractivity contribution in [3.63, 3.8) is 0 Å². The van der Waals surface area contributed by atoms with Crippen LogP contribution in [0.2, 0.25) is 0 Å². The van der Waals surface area contributed by atoms with Gasteiger partial charge in [0.05, 0.1) is 38.0 Å². The first-order chi connectivity index (χ1) is 16.5. The Morgan fingerprint density at radius 2 is 1.79 bits per heavy atom. The van der Waals surface area contributed by atoms with E-state index in [1.54, 1.807) is 28.8 Å². The SMILES string of the molecule is CCOCCCn1c(SCC(=O)Nc2cc(OC)c(OC)c(OC)c2)nc2ccccc2c1=O. The number of amides is 1. The van der Waals surface area contributed by atoms with Crippen molar-refractivity contribution in [1.29, 1.82) is 0 Å². The Labute approximate surface area is 202 Å². The number of carbonyl (C=O) groups excluding carboxylic acids is 1. The molecule has 1 aromatic heterocycles. The van der Waals surface area contributed by atoms with E-state index in [1.165, 1.54) is 33.1 Å². The lowest BCUT2D eigenvalue weighted by Crippen LogP contribution is -2.25. The summed E-state index contributed by atoms with van der Waals surface area (Å²) in [4.78, 5) is 30.4. The maximum atomic E-state index is 13.1. The van der Waals surface area contributed by atoms with E-state index in [0.717, 1.165) is 0 Å². The summed E-state index contributed by atoms with van der Waals surface area (Å²) < 4.78 is 23.0. The summed E-state index contributed by atoms with van der Waals surface area (Å²) in [7, 11) is 4.53. The highest BCUT2D eigenvalue weighted by molar-refractivity contribution is 7.99. The lowest BCUT2D eigenvalue weighted by atomic mass is 10.2. The molecule has 0 spiro atoms. The van der Waals surface area contributed by atoms with Gasteiger partial charge in [-0.3, -0.25) is 14.2 Å². The zero-order valence-electron chi connectivity index (χ0n) is 19.8. The van der Waals surface area contributed by atoms with Crippen LogP contribution in [0.5, 0.6) is 17.2 Å². The molecular weight excluding hydrogens is 458 g/mol. The highest BCUT2D eigenvalue weighted by Gasteiger charge is 2.16. The fraction of sp³-hybridized carbons (Fsp3) is 0.375. The van der Waals surface area contributed by atoms with Gasteiger partial charge in [0.15, 0.2) is 16.7 Å². The zero-order valence-corrected chi connectivity index (χ0v) is 20.6. The smallest absolute Gasteiger partial charge is 0.262 e. The third-order valence-electron chi connectivity index (χ3n) is 4.98. The Hall–Kier alpha value is -3.24. The van der Waals surface area contributed by atoms with Crippen LogP contribution in [0.4, 0.5) is 5.69 Å². The fourth-order valence-corrected chi connectivity index (χ4v) is 4.23. The molecule has 0 unspecified atom stereocenters. The Morgan fingerprint density at radius 1 is 1.09 bits per heavy atom. The Kier molecular flexibility index (Phi) is 9.17. The Morgan fingerprint density at radius 3 is 2.44 bits per heavy atom. The molecule has 182 valence electrons. The van der Waals surface area contributed by atoms with Crippen molar-refractivity contribution in [2.75, 3.05) is 45.6 Å². The summed E-state index contributed by atoms with van der Waals surface area (Å²) in [5.41, 5.74) is 0.969. The monoisotopic (exact) mass is 487 g/mol. The molecule has 0 fully saturated rings. The van der Waals surface area contributed by atoms with E-state index in [1.807, 2.05) is 19.1 Å². The molecule has 1 N–H and O–H groups in total. The Bertz CT molecular complexity index is 1170. The molecule has 34 heavy (non-hydrogen) atoms. The zero-order chi connectivity index (χ0) is 24.5. The number of methoxy groups -OCH3 is 3. The van der Waals surface area contributed by atoms with Crippen LogP contribution in [0.25, 0.3) is 10.9 Å². The van der Waals surface area contributed by atoms with Crippen molar-refractivity contribution in [1.82, 2.24) is 9.55 Å². The molecule has 0 aliphatic rings. The summed E-state index contributed by atoms with van der Waals surface area (Å²) in [5.74, 6) is 1.11. The fourth-order valence-electron chi connectivity index (χ4n) is 3.40. The van der Waals surface area contributed by atoms with Gasteiger partial charge in [0.25, 0.3) is 5.56 Å². The number of benzene rings is 2. The predicted molar refractivity (Wildman–Crippen MR) is 133 cm³/mol. The van der Waals surface area contributed by atoms with Gasteiger partial charge in [-0.15, -0.1) is 0 Å². The minimum absolute atomic E-state index is 0.0624. The molecule has 0 saturated carbocycles. The number of thioether (sulfide) groups is 1. The summed E-state index contributed by atoms with van der Waals surface area (Å²) in [6, 6.07) is 10.5. The summed E-state index contributed by atoms with van der Waals surface area (Å²) in [6.45, 7) is 3.54. The van der Waals surface area contributed by atoms with Gasteiger partial charge in [-0.05, 0) is 25.5 Å². The van der Waals surface area contributed by atoms with E-state index in [0.29, 0.717) is 65.2 Å². The van der Waals surface area contributed by atoms with E-state index < -0.39 is 0 Å². The highest BCUT2D eigenvalue weighted by atomic mass is 32.2. The molecule has 2 aromatic carbocycles. The van der Waals surface area contributed by atoms with Crippen LogP contribution >= 0.6 is 11.8 Å². The second kappa shape index (κ2) is 12.3. The van der Waals surface area contributed by atoms with E-state index in [-0.39, 0.29) is 17.2 Å². The standard InChI is InChI=1S/C24H29N3O6S/c1-5-33-12-8-11-27-23(29)17-9-6-7-10-18(17)26-24(27)34-15-21(28)25-16-13-19(30-2)22(32-4)20(14-16)31-3/h6-7,9-10,13-14H,5,8,11-12,15H2,1-4H3,(H,25,28). The second-order valence-electron chi connectivity index (χ2n) is 7.17. The van der Waals surface area contributed by atoms with Crippen LogP contribution in [0, 0.1) is 0 Å². The molecule has 0 radical (unpaired) electrons. The number of fused-ring (bicyclic) bond motifs is 1. The van der Waals surface area contributed by atoms with Gasteiger partial charge >= 0.3 is 0 Å².